The van der Waals surface area contributed by atoms with E-state index in [4.69, 9.17) is 11.6 Å². The summed E-state index contributed by atoms with van der Waals surface area (Å²) in [6.45, 7) is 7.05. The Balaban J connectivity index is 0.948. The average molecular weight is 833 g/mol. The van der Waals surface area contributed by atoms with E-state index in [0.29, 0.717) is 0 Å². The molecule has 6 aromatic carbocycles. The topological polar surface area (TPSA) is 85.0 Å². The van der Waals surface area contributed by atoms with Crippen LogP contribution in [0.25, 0.3) is 21.9 Å². The Morgan fingerprint density at radius 2 is 1.53 bits per heavy atom. The summed E-state index contributed by atoms with van der Waals surface area (Å²) in [6, 6.07) is 43.7. The monoisotopic (exact) mass is 831 g/mol. The number of hydrogen-bond acceptors (Lipinski definition) is 8. The van der Waals surface area contributed by atoms with Crippen molar-refractivity contribution in [3.63, 3.8) is 0 Å². The van der Waals surface area contributed by atoms with Crippen LogP contribution in [0, 0.1) is 6.92 Å². The lowest BCUT2D eigenvalue weighted by molar-refractivity contribution is 0.0981. The van der Waals surface area contributed by atoms with Gasteiger partial charge in [0.05, 0.1) is 4.90 Å². The first-order valence-corrected chi connectivity index (χ1v) is 22.5. The lowest BCUT2D eigenvalue weighted by atomic mass is 9.93. The van der Waals surface area contributed by atoms with Crippen molar-refractivity contribution in [3.05, 3.63) is 155 Å². The molecule has 11 heteroatoms. The van der Waals surface area contributed by atoms with Crippen molar-refractivity contribution in [2.45, 2.75) is 35.7 Å². The molecule has 0 saturated carbocycles. The zero-order valence-corrected chi connectivity index (χ0v) is 35.6. The predicted molar refractivity (Wildman–Crippen MR) is 242 cm³/mol. The highest BCUT2D eigenvalue weighted by Gasteiger charge is 2.23. The number of thioether (sulfide) groups is 1. The van der Waals surface area contributed by atoms with Crippen LogP contribution >= 0.6 is 23.4 Å². The number of carbonyl (C=O) groups is 1. The minimum Gasteiger partial charge on any atom is -0.381 e. The molecule has 0 spiro atoms. The van der Waals surface area contributed by atoms with Gasteiger partial charge in [0.25, 0.3) is 15.9 Å². The van der Waals surface area contributed by atoms with Crippen LogP contribution in [0.5, 0.6) is 0 Å². The Morgan fingerprint density at radius 3 is 2.24 bits per heavy atom. The smallest absolute Gasteiger partial charge is 0.264 e. The summed E-state index contributed by atoms with van der Waals surface area (Å²) in [4.78, 5) is 21.4. The van der Waals surface area contributed by atoms with Gasteiger partial charge in [0.2, 0.25) is 0 Å². The molecule has 1 fully saturated rings. The Hall–Kier alpha value is -4.84. The molecule has 1 aliphatic heterocycles. The third-order valence-electron chi connectivity index (χ3n) is 10.6. The minimum atomic E-state index is -4.10. The van der Waals surface area contributed by atoms with E-state index in [1.54, 1.807) is 42.1 Å². The van der Waals surface area contributed by atoms with Crippen LogP contribution in [0.4, 0.5) is 11.4 Å². The van der Waals surface area contributed by atoms with Gasteiger partial charge in [-0.3, -0.25) is 9.69 Å². The molecule has 1 aliphatic rings. The van der Waals surface area contributed by atoms with Gasteiger partial charge in [-0.1, -0.05) is 78.3 Å². The molecule has 0 bridgehead atoms. The van der Waals surface area contributed by atoms with Gasteiger partial charge in [-0.15, -0.1) is 11.8 Å². The van der Waals surface area contributed by atoms with Crippen molar-refractivity contribution < 1.29 is 13.2 Å². The molecule has 300 valence electrons. The molecule has 1 saturated heterocycles. The van der Waals surface area contributed by atoms with Gasteiger partial charge in [-0.25, -0.2) is 13.1 Å². The van der Waals surface area contributed by atoms with Crippen molar-refractivity contribution in [2.75, 3.05) is 62.8 Å². The fraction of sp³-hybridized carbons (Fsp3) is 0.255. The van der Waals surface area contributed by atoms with Gasteiger partial charge in [-0.2, -0.15) is 0 Å². The summed E-state index contributed by atoms with van der Waals surface area (Å²) in [5, 5.41) is 6.80. The number of amides is 1. The summed E-state index contributed by atoms with van der Waals surface area (Å²) in [7, 11) is 0.0187. The number of carbonyl (C=O) groups excluding carboxylic acids is 1. The highest BCUT2D eigenvalue weighted by Crippen LogP contribution is 2.34. The second-order valence-electron chi connectivity index (χ2n) is 15.1. The van der Waals surface area contributed by atoms with E-state index in [-0.39, 0.29) is 16.5 Å². The van der Waals surface area contributed by atoms with E-state index in [9.17, 15) is 13.2 Å². The highest BCUT2D eigenvalue weighted by molar-refractivity contribution is 7.99. The minimum absolute atomic E-state index is 0.0471. The van der Waals surface area contributed by atoms with Crippen molar-refractivity contribution in [1.29, 1.82) is 0 Å². The quantitative estimate of drug-likeness (QED) is 0.0992. The molecule has 6 aromatic rings. The van der Waals surface area contributed by atoms with E-state index >= 15 is 0 Å². The number of aryl methyl sites for hydroxylation is 1. The molecule has 1 atom stereocenters. The molecular weight excluding hydrogens is 782 g/mol. The van der Waals surface area contributed by atoms with E-state index in [1.807, 2.05) is 49.4 Å². The van der Waals surface area contributed by atoms with Gasteiger partial charge in [0, 0.05) is 71.4 Å². The molecule has 7 rings (SSSR count). The van der Waals surface area contributed by atoms with E-state index in [0.717, 1.165) is 79.0 Å². The summed E-state index contributed by atoms with van der Waals surface area (Å²) in [5.41, 5.74) is 6.62. The summed E-state index contributed by atoms with van der Waals surface area (Å²) in [5.74, 6) is 0.200. The van der Waals surface area contributed by atoms with E-state index < -0.39 is 15.9 Å². The zero-order chi connectivity index (χ0) is 40.6. The van der Waals surface area contributed by atoms with Gasteiger partial charge < -0.3 is 15.1 Å². The van der Waals surface area contributed by atoms with Crippen LogP contribution < -0.4 is 14.9 Å². The molecular formula is C47H50ClN5O3S2. The number of nitrogens with one attached hydrogen (secondary N) is 2. The number of anilines is 2. The van der Waals surface area contributed by atoms with E-state index in [2.05, 4.69) is 99.5 Å². The Morgan fingerprint density at radius 1 is 0.828 bits per heavy atom. The van der Waals surface area contributed by atoms with Crippen LogP contribution in [0.3, 0.4) is 0 Å². The zero-order valence-electron chi connectivity index (χ0n) is 33.2. The molecule has 0 aromatic heterocycles. The number of sulfonamides is 1. The highest BCUT2D eigenvalue weighted by atomic mass is 35.5. The maximum Gasteiger partial charge on any atom is 0.264 e. The normalized spacial score (nSPS) is 14.1. The predicted octanol–water partition coefficient (Wildman–Crippen LogP) is 9.43. The Labute approximate surface area is 352 Å². The lowest BCUT2D eigenvalue weighted by Crippen LogP contribution is -2.46. The maximum atomic E-state index is 13.4. The molecule has 0 aliphatic carbocycles. The molecule has 2 N–H and O–H groups in total. The fourth-order valence-electron chi connectivity index (χ4n) is 7.38. The molecule has 58 heavy (non-hydrogen) atoms. The fourth-order valence-corrected chi connectivity index (χ4v) is 9.56. The van der Waals surface area contributed by atoms with Crippen molar-refractivity contribution >= 4 is 61.4 Å². The van der Waals surface area contributed by atoms with Gasteiger partial charge >= 0.3 is 0 Å². The van der Waals surface area contributed by atoms with E-state index in [1.165, 1.54) is 26.8 Å². The Bertz CT molecular complexity index is 2440. The summed E-state index contributed by atoms with van der Waals surface area (Å²) in [6.07, 6.45) is 0.927. The molecule has 1 heterocycles. The molecule has 0 unspecified atom stereocenters. The van der Waals surface area contributed by atoms with Crippen molar-refractivity contribution in [3.8, 4) is 11.1 Å². The number of benzene rings is 6. The SMILES string of the molecule is Cc1cc(S(=O)(=O)NC(=O)c2ccc(N3CCN(Cc4ccc5ccccc5c4-c4ccc(Cl)cc4)CC3)cc2)ccc1N[C@H](CCN(C)C)CSc1ccccc1. The van der Waals surface area contributed by atoms with Gasteiger partial charge in [0.1, 0.15) is 0 Å². The number of piperazine rings is 1. The third-order valence-corrected chi connectivity index (χ3v) is 13.4. The van der Waals surface area contributed by atoms with Crippen molar-refractivity contribution in [2.24, 2.45) is 0 Å². The molecule has 0 radical (unpaired) electrons. The number of halogens is 1. The van der Waals surface area contributed by atoms with Crippen LogP contribution in [-0.4, -0.2) is 82.7 Å². The second kappa shape index (κ2) is 18.8. The first kappa shape index (κ1) is 41.3. The van der Waals surface area contributed by atoms with Crippen LogP contribution in [-0.2, 0) is 16.6 Å². The first-order chi connectivity index (χ1) is 28.0. The number of nitrogens with zero attached hydrogens (tertiary/aromatic N) is 3. The molecule has 1 amide bonds. The molecule has 8 nitrogen and oxygen atoms in total. The van der Waals surface area contributed by atoms with Crippen LogP contribution in [0.2, 0.25) is 5.02 Å². The standard InChI is InChI=1S/C47H50ClN5O3S2/c1-34-31-43(23-24-45(34)49-40(25-26-51(2)3)33-57-42-10-5-4-6-11-42)58(55,56)50-47(54)37-17-21-41(22-18-37)53-29-27-52(28-30-53)32-38-14-13-35-9-7-8-12-44(35)46(38)36-15-19-39(48)20-16-36/h4-24,31,40,49H,25-30,32-33H2,1-3H3,(H,50,54)/t40-/m1/s1. The number of fused-ring (bicyclic) bond motifs is 1. The van der Waals surface area contributed by atoms with Gasteiger partial charge in [-0.05, 0) is 134 Å². The third kappa shape index (κ3) is 10.4. The largest absolute Gasteiger partial charge is 0.381 e. The number of hydrogen-bond donors (Lipinski definition) is 2. The Kier molecular flexibility index (Phi) is 13.4. The summed E-state index contributed by atoms with van der Waals surface area (Å²) >= 11 is 8.04. The average Bonchev–Trinajstić information content (AvgIpc) is 3.23. The van der Waals surface area contributed by atoms with Crippen LogP contribution in [0.1, 0.15) is 27.9 Å². The lowest BCUT2D eigenvalue weighted by Gasteiger charge is -2.36. The first-order valence-electron chi connectivity index (χ1n) is 19.6. The van der Waals surface area contributed by atoms with Crippen molar-refractivity contribution in [1.82, 2.24) is 14.5 Å². The van der Waals surface area contributed by atoms with Gasteiger partial charge in [0.15, 0.2) is 0 Å². The maximum absolute atomic E-state index is 13.4. The van der Waals surface area contributed by atoms with Crippen LogP contribution in [0.15, 0.2) is 143 Å². The number of rotatable bonds is 15. The second-order valence-corrected chi connectivity index (χ2v) is 18.3. The summed E-state index contributed by atoms with van der Waals surface area (Å²) < 4.78 is 29.1.